The van der Waals surface area contributed by atoms with Crippen molar-refractivity contribution in [3.8, 4) is 17.6 Å². The maximum absolute atomic E-state index is 12.1. The molecule has 22 heteroatoms. The van der Waals surface area contributed by atoms with Crippen LogP contribution in [0, 0.1) is 17.2 Å². The van der Waals surface area contributed by atoms with Crippen molar-refractivity contribution < 1.29 is 85.1 Å². The molecule has 3 aromatic rings. The molecular formula is C55H78N3O18P. The summed E-state index contributed by atoms with van der Waals surface area (Å²) in [5.41, 5.74) is 7.00. The number of rotatable bonds is 37. The van der Waals surface area contributed by atoms with Crippen LogP contribution in [0.2, 0.25) is 0 Å². The third kappa shape index (κ3) is 21.1. The lowest BCUT2D eigenvalue weighted by molar-refractivity contribution is -0.293. The average Bonchev–Trinajstić information content (AvgIpc) is 3.41. The van der Waals surface area contributed by atoms with Crippen molar-refractivity contribution in [2.24, 2.45) is 11.7 Å². The van der Waals surface area contributed by atoms with E-state index in [0.717, 1.165) is 30.5 Å². The van der Waals surface area contributed by atoms with Crippen molar-refractivity contribution in [3.05, 3.63) is 95.6 Å². The van der Waals surface area contributed by atoms with Gasteiger partial charge in [-0.1, -0.05) is 54.6 Å². The summed E-state index contributed by atoms with van der Waals surface area (Å²) in [6, 6.07) is 27.8. The quantitative estimate of drug-likeness (QED) is 0.0216. The second-order valence-electron chi connectivity index (χ2n) is 18.2. The molecule has 3 aromatic carbocycles. The number of amides is 1. The lowest BCUT2D eigenvalue weighted by Gasteiger charge is -2.44. The van der Waals surface area contributed by atoms with E-state index in [9.17, 15) is 24.4 Å². The summed E-state index contributed by atoms with van der Waals surface area (Å²) in [5.74, 6) is -2.35. The van der Waals surface area contributed by atoms with Crippen LogP contribution in [0.5, 0.6) is 11.5 Å². The van der Waals surface area contributed by atoms with Gasteiger partial charge in [0.1, 0.15) is 42.0 Å². The molecule has 2 N–H and O–H groups in total. The molecule has 0 bridgehead atoms. The number of nitriles is 1. The number of primary amides is 1. The van der Waals surface area contributed by atoms with E-state index < -0.39 is 74.6 Å². The highest BCUT2D eigenvalue weighted by Crippen LogP contribution is 2.48. The van der Waals surface area contributed by atoms with Gasteiger partial charge in [0.25, 0.3) is 8.53 Å². The average molecular weight is 1100 g/mol. The molecule has 1 aliphatic rings. The molecule has 77 heavy (non-hydrogen) atoms. The monoisotopic (exact) mass is 1100 g/mol. The van der Waals surface area contributed by atoms with E-state index in [4.69, 9.17) is 71.6 Å². The fourth-order valence-electron chi connectivity index (χ4n) is 8.50. The minimum absolute atomic E-state index is 0.0186. The molecule has 1 unspecified atom stereocenters. The summed E-state index contributed by atoms with van der Waals surface area (Å²) < 4.78 is 85.2. The summed E-state index contributed by atoms with van der Waals surface area (Å²) in [7, 11) is 1.57. The van der Waals surface area contributed by atoms with Gasteiger partial charge in [-0.25, -0.2) is 4.67 Å². The van der Waals surface area contributed by atoms with Gasteiger partial charge in [0.15, 0.2) is 12.4 Å². The maximum atomic E-state index is 12.1. The van der Waals surface area contributed by atoms with E-state index in [1.165, 1.54) is 6.92 Å². The number of carbonyl (C=O) groups is 4. The number of carbonyl (C=O) groups excluding carboxylic acids is 4. The molecule has 1 saturated heterocycles. The molecule has 0 aromatic heterocycles. The fourth-order valence-corrected chi connectivity index (χ4v) is 10.2. The zero-order valence-electron chi connectivity index (χ0n) is 45.8. The van der Waals surface area contributed by atoms with Gasteiger partial charge >= 0.3 is 17.9 Å². The van der Waals surface area contributed by atoms with Crippen LogP contribution in [-0.2, 0) is 81.2 Å². The van der Waals surface area contributed by atoms with Gasteiger partial charge in [-0.2, -0.15) is 5.26 Å². The minimum atomic E-state index is -1.68. The zero-order valence-corrected chi connectivity index (χ0v) is 46.7. The molecule has 0 spiro atoms. The van der Waals surface area contributed by atoms with Crippen molar-refractivity contribution in [2.75, 3.05) is 93.5 Å². The van der Waals surface area contributed by atoms with Crippen molar-refractivity contribution in [1.29, 1.82) is 5.26 Å². The lowest BCUT2D eigenvalue weighted by Crippen LogP contribution is -2.60. The Morgan fingerprint density at radius 1 is 0.675 bits per heavy atom. The van der Waals surface area contributed by atoms with Gasteiger partial charge < -0.3 is 71.6 Å². The van der Waals surface area contributed by atoms with E-state index in [0.29, 0.717) is 11.5 Å². The molecule has 1 aliphatic heterocycles. The van der Waals surface area contributed by atoms with E-state index in [1.54, 1.807) is 14.2 Å². The summed E-state index contributed by atoms with van der Waals surface area (Å²) in [6.45, 7) is 13.4. The second kappa shape index (κ2) is 34.5. The largest absolute Gasteiger partial charge is 0.497 e. The van der Waals surface area contributed by atoms with E-state index >= 15 is 0 Å². The summed E-state index contributed by atoms with van der Waals surface area (Å²) in [6.07, 6.45) is -5.48. The van der Waals surface area contributed by atoms with Crippen molar-refractivity contribution in [1.82, 2.24) is 4.67 Å². The number of ether oxygens (including phenoxy) is 12. The van der Waals surface area contributed by atoms with Gasteiger partial charge in [0.2, 0.25) is 5.91 Å². The molecule has 426 valence electrons. The molecule has 0 aliphatic carbocycles. The normalized spacial score (nSPS) is 18.4. The first kappa shape index (κ1) is 64.2. The highest BCUT2D eigenvalue weighted by atomic mass is 31.2. The van der Waals surface area contributed by atoms with Crippen molar-refractivity contribution in [3.63, 3.8) is 0 Å². The van der Waals surface area contributed by atoms with Crippen molar-refractivity contribution >= 4 is 32.3 Å². The molecule has 21 nitrogen and oxygen atoms in total. The van der Waals surface area contributed by atoms with Gasteiger partial charge in [0.05, 0.1) is 105 Å². The van der Waals surface area contributed by atoms with Crippen LogP contribution in [0.1, 0.15) is 78.0 Å². The van der Waals surface area contributed by atoms with E-state index in [2.05, 4.69) is 38.4 Å². The topological polar surface area (TPSA) is 251 Å². The van der Waals surface area contributed by atoms with Crippen LogP contribution in [0.4, 0.5) is 0 Å². The van der Waals surface area contributed by atoms with Crippen LogP contribution in [0.3, 0.4) is 0 Å². The molecule has 1 amide bonds. The Bertz CT molecular complexity index is 2180. The highest BCUT2D eigenvalue weighted by Gasteiger charge is 2.51. The molecule has 0 saturated carbocycles. The number of nitrogens with two attached hydrogens (primary N) is 1. The van der Waals surface area contributed by atoms with Crippen LogP contribution in [0.25, 0.3) is 0 Å². The van der Waals surface area contributed by atoms with Gasteiger partial charge in [-0.15, -0.1) is 0 Å². The van der Waals surface area contributed by atoms with Crippen LogP contribution in [0.15, 0.2) is 78.9 Å². The lowest BCUT2D eigenvalue weighted by atomic mass is 9.80. The third-order valence-electron chi connectivity index (χ3n) is 11.8. The Hall–Kier alpha value is -5.34. The third-order valence-corrected chi connectivity index (χ3v) is 13.9. The SMILES string of the molecule is COc1ccc(C(OC[C@H](COCCOCCOCCOCCO[C@@H]2O[C@H](COC(C)=O)[C@H](OC(C)=O)[C@H](OC(C)=O)[C@H]2CC(N)=O)OP(OCCC#N)N(C(C)C)C(C)C)(c2ccccc2)c2ccc(OC)cc2)cc1. The molecular weight excluding hydrogens is 1020 g/mol. The van der Waals surface area contributed by atoms with E-state index in [1.807, 2.05) is 78.9 Å². The number of benzene rings is 3. The fraction of sp³-hybridized carbons (Fsp3) is 0.582. The Morgan fingerprint density at radius 2 is 1.18 bits per heavy atom. The Labute approximate surface area is 453 Å². The smallest absolute Gasteiger partial charge is 0.303 e. The van der Waals surface area contributed by atoms with Gasteiger partial charge in [-0.3, -0.25) is 19.2 Å². The van der Waals surface area contributed by atoms with Gasteiger partial charge in [-0.05, 0) is 68.7 Å². The predicted octanol–water partition coefficient (Wildman–Crippen LogP) is 6.40. The van der Waals surface area contributed by atoms with Gasteiger partial charge in [0, 0.05) is 39.3 Å². The number of esters is 3. The second-order valence-corrected chi connectivity index (χ2v) is 19.6. The molecule has 0 radical (unpaired) electrons. The molecule has 7 atom stereocenters. The summed E-state index contributed by atoms with van der Waals surface area (Å²) >= 11 is 0. The number of methoxy groups -OCH3 is 2. The standard InChI is InChI=1S/C55H78N3O18P/c1-38(2)58(39(3)4)77(72-25-13-24-56)76-48(36-71-55(43-14-11-10-12-15-43,44-16-20-46(63-8)21-17-44)45-18-22-47(64-9)23-19-45)35-68-31-30-66-27-26-65-28-29-67-32-33-69-54-49(34-51(57)62)52(73-41(6)60)53(74-42(7)61)50(75-54)37-70-40(5)59/h10-12,14-23,38-39,48-50,52-54H,13,25-37H2,1-9H3,(H2,57,62)/t48-,49+,50+,52+,53-,54+,77?/m0/s1. The number of hydrogen-bond acceptors (Lipinski definition) is 20. The first-order valence-corrected chi connectivity index (χ1v) is 26.7. The summed E-state index contributed by atoms with van der Waals surface area (Å²) in [5, 5.41) is 9.40. The van der Waals surface area contributed by atoms with E-state index in [-0.39, 0.29) is 104 Å². The minimum Gasteiger partial charge on any atom is -0.497 e. The van der Waals surface area contributed by atoms with Crippen LogP contribution in [-0.4, -0.2) is 165 Å². The first-order chi connectivity index (χ1) is 37.0. The first-order valence-electron chi connectivity index (χ1n) is 25.6. The predicted molar refractivity (Wildman–Crippen MR) is 281 cm³/mol. The summed E-state index contributed by atoms with van der Waals surface area (Å²) in [4.78, 5) is 47.9. The molecule has 1 heterocycles. The Morgan fingerprint density at radius 3 is 1.66 bits per heavy atom. The van der Waals surface area contributed by atoms with Crippen LogP contribution < -0.4 is 15.2 Å². The Kier molecular flexibility index (Phi) is 28.8. The number of nitrogens with zero attached hydrogens (tertiary/aromatic N) is 2. The molecule has 4 rings (SSSR count). The Balaban J connectivity index is 1.35. The number of hydrogen-bond donors (Lipinski definition) is 1. The molecule has 1 fully saturated rings. The zero-order chi connectivity index (χ0) is 56.2. The van der Waals surface area contributed by atoms with Crippen LogP contribution >= 0.6 is 8.53 Å². The maximum Gasteiger partial charge on any atom is 0.303 e. The highest BCUT2D eigenvalue weighted by molar-refractivity contribution is 7.44. The van der Waals surface area contributed by atoms with Crippen molar-refractivity contribution in [2.45, 2.75) is 110 Å².